The van der Waals surface area contributed by atoms with Crippen LogP contribution < -0.4 is 5.32 Å². The maximum Gasteiger partial charge on any atom is 0.317 e. The summed E-state index contributed by atoms with van der Waals surface area (Å²) in [4.78, 5) is 13.2. The summed E-state index contributed by atoms with van der Waals surface area (Å²) in [5.41, 5.74) is 0.335. The first-order valence-corrected chi connectivity index (χ1v) is 6.04. The van der Waals surface area contributed by atoms with Crippen LogP contribution in [0.2, 0.25) is 0 Å². The van der Waals surface area contributed by atoms with Crippen molar-refractivity contribution in [1.82, 2.24) is 10.2 Å². The molecule has 4 nitrogen and oxygen atoms in total. The second-order valence-corrected chi connectivity index (χ2v) is 5.41. The van der Waals surface area contributed by atoms with Crippen molar-refractivity contribution >= 4 is 6.03 Å². The summed E-state index contributed by atoms with van der Waals surface area (Å²) in [5, 5.41) is 12.1. The van der Waals surface area contributed by atoms with Crippen LogP contribution in [0.4, 0.5) is 4.79 Å². The van der Waals surface area contributed by atoms with Crippen LogP contribution >= 0.6 is 0 Å². The van der Waals surface area contributed by atoms with E-state index in [2.05, 4.69) is 19.2 Å². The first-order chi connectivity index (χ1) is 7.37. The summed E-state index contributed by atoms with van der Waals surface area (Å²) >= 11 is 0. The van der Waals surface area contributed by atoms with E-state index in [4.69, 9.17) is 0 Å². The normalized spacial score (nSPS) is 19.4. The molecule has 94 valence electrons. The molecule has 1 unspecified atom stereocenters. The maximum atomic E-state index is 11.7. The van der Waals surface area contributed by atoms with Crippen LogP contribution in [0.3, 0.4) is 0 Å². The molecule has 2 amide bonds. The minimum atomic E-state index is -0.476. The van der Waals surface area contributed by atoms with Crippen LogP contribution in [0.15, 0.2) is 0 Å². The zero-order valence-corrected chi connectivity index (χ0v) is 10.8. The molecule has 0 saturated heterocycles. The number of carbonyl (C=O) groups is 1. The Kier molecular flexibility index (Phi) is 4.19. The first kappa shape index (κ1) is 13.3. The first-order valence-electron chi connectivity index (χ1n) is 6.04. The highest BCUT2D eigenvalue weighted by Gasteiger charge is 2.45. The quantitative estimate of drug-likeness (QED) is 0.748. The highest BCUT2D eigenvalue weighted by molar-refractivity contribution is 5.73. The second kappa shape index (κ2) is 5.04. The van der Waals surface area contributed by atoms with Gasteiger partial charge in [-0.15, -0.1) is 0 Å². The molecule has 1 saturated carbocycles. The SMILES string of the molecule is CC(O)CN(C)C(=O)NCC1(C(C)C)CC1. The third-order valence-corrected chi connectivity index (χ3v) is 3.59. The van der Waals surface area contributed by atoms with Gasteiger partial charge in [0.2, 0.25) is 0 Å². The predicted octanol–water partition coefficient (Wildman–Crippen LogP) is 1.44. The lowest BCUT2D eigenvalue weighted by Crippen LogP contribution is -2.43. The topological polar surface area (TPSA) is 52.6 Å². The van der Waals surface area contributed by atoms with Gasteiger partial charge in [-0.05, 0) is 31.1 Å². The van der Waals surface area contributed by atoms with E-state index in [1.807, 2.05) is 0 Å². The van der Waals surface area contributed by atoms with Gasteiger partial charge in [0, 0.05) is 20.1 Å². The number of amides is 2. The largest absolute Gasteiger partial charge is 0.392 e. The Morgan fingerprint density at radius 2 is 2.00 bits per heavy atom. The van der Waals surface area contributed by atoms with Crippen molar-refractivity contribution in [3.63, 3.8) is 0 Å². The average molecular weight is 228 g/mol. The number of nitrogens with one attached hydrogen (secondary N) is 1. The molecule has 1 aliphatic carbocycles. The molecule has 16 heavy (non-hydrogen) atoms. The Bertz CT molecular complexity index is 247. The molecule has 2 N–H and O–H groups in total. The number of rotatable bonds is 5. The van der Waals surface area contributed by atoms with E-state index < -0.39 is 6.10 Å². The fourth-order valence-electron chi connectivity index (χ4n) is 1.98. The number of nitrogens with zero attached hydrogens (tertiary/aromatic N) is 1. The third kappa shape index (κ3) is 3.37. The third-order valence-electron chi connectivity index (χ3n) is 3.59. The Balaban J connectivity index is 2.30. The zero-order valence-electron chi connectivity index (χ0n) is 10.8. The second-order valence-electron chi connectivity index (χ2n) is 5.41. The summed E-state index contributed by atoms with van der Waals surface area (Å²) in [6.07, 6.45) is 1.95. The molecular formula is C12H24N2O2. The van der Waals surface area contributed by atoms with Gasteiger partial charge in [0.05, 0.1) is 6.10 Å². The van der Waals surface area contributed by atoms with Crippen molar-refractivity contribution in [2.75, 3.05) is 20.1 Å². The van der Waals surface area contributed by atoms with Crippen LogP contribution in [-0.2, 0) is 0 Å². The van der Waals surface area contributed by atoms with Crippen LogP contribution in [-0.4, -0.2) is 42.3 Å². The molecule has 1 fully saturated rings. The summed E-state index contributed by atoms with van der Waals surface area (Å²) in [5.74, 6) is 0.620. The van der Waals surface area contributed by atoms with E-state index in [-0.39, 0.29) is 6.03 Å². The minimum absolute atomic E-state index is 0.0900. The molecule has 0 spiro atoms. The van der Waals surface area contributed by atoms with Crippen LogP contribution in [0.5, 0.6) is 0 Å². The van der Waals surface area contributed by atoms with Crippen LogP contribution in [0.25, 0.3) is 0 Å². The van der Waals surface area contributed by atoms with Gasteiger partial charge in [-0.1, -0.05) is 13.8 Å². The Morgan fingerprint density at radius 1 is 1.44 bits per heavy atom. The lowest BCUT2D eigenvalue weighted by molar-refractivity contribution is 0.142. The molecule has 0 aromatic heterocycles. The van der Waals surface area contributed by atoms with E-state index in [1.165, 1.54) is 17.7 Å². The summed E-state index contributed by atoms with van der Waals surface area (Å²) in [6.45, 7) is 7.23. The van der Waals surface area contributed by atoms with Crippen molar-refractivity contribution in [2.24, 2.45) is 11.3 Å². The van der Waals surface area contributed by atoms with E-state index in [9.17, 15) is 9.90 Å². The van der Waals surface area contributed by atoms with Gasteiger partial charge in [-0.25, -0.2) is 4.79 Å². The maximum absolute atomic E-state index is 11.7. The monoisotopic (exact) mass is 228 g/mol. The summed E-state index contributed by atoms with van der Waals surface area (Å²) in [7, 11) is 1.71. The van der Waals surface area contributed by atoms with Crippen molar-refractivity contribution in [2.45, 2.75) is 39.7 Å². The van der Waals surface area contributed by atoms with Crippen molar-refractivity contribution in [3.8, 4) is 0 Å². The smallest absolute Gasteiger partial charge is 0.317 e. The van der Waals surface area contributed by atoms with Crippen molar-refractivity contribution < 1.29 is 9.90 Å². The Morgan fingerprint density at radius 3 is 2.38 bits per heavy atom. The number of carbonyl (C=O) groups excluding carboxylic acids is 1. The molecular weight excluding hydrogens is 204 g/mol. The molecule has 1 rings (SSSR count). The van der Waals surface area contributed by atoms with Crippen molar-refractivity contribution in [1.29, 1.82) is 0 Å². The average Bonchev–Trinajstić information content (AvgIpc) is 2.93. The molecule has 0 radical (unpaired) electrons. The molecule has 4 heteroatoms. The van der Waals surface area contributed by atoms with E-state index in [0.29, 0.717) is 17.9 Å². The number of aliphatic hydroxyl groups is 1. The molecule has 0 aromatic carbocycles. The fraction of sp³-hybridized carbons (Fsp3) is 0.917. The van der Waals surface area contributed by atoms with Gasteiger partial charge in [-0.2, -0.15) is 0 Å². The molecule has 0 aromatic rings. The summed E-state index contributed by atoms with van der Waals surface area (Å²) in [6, 6.07) is -0.0900. The van der Waals surface area contributed by atoms with Crippen LogP contribution in [0, 0.1) is 11.3 Å². The molecule has 0 bridgehead atoms. The molecule has 0 heterocycles. The van der Waals surface area contributed by atoms with Gasteiger partial charge < -0.3 is 15.3 Å². The number of likely N-dealkylation sites (N-methyl/N-ethyl adjacent to an activating group) is 1. The Labute approximate surface area is 98.0 Å². The summed E-state index contributed by atoms with van der Waals surface area (Å²) < 4.78 is 0. The van der Waals surface area contributed by atoms with Crippen molar-refractivity contribution in [3.05, 3.63) is 0 Å². The van der Waals surface area contributed by atoms with Gasteiger partial charge >= 0.3 is 6.03 Å². The van der Waals surface area contributed by atoms with Gasteiger partial charge in [0.25, 0.3) is 0 Å². The van der Waals surface area contributed by atoms with E-state index in [0.717, 1.165) is 6.54 Å². The zero-order chi connectivity index (χ0) is 12.3. The minimum Gasteiger partial charge on any atom is -0.392 e. The predicted molar refractivity (Wildman–Crippen MR) is 64.2 cm³/mol. The number of hydrogen-bond donors (Lipinski definition) is 2. The molecule has 1 aliphatic rings. The van der Waals surface area contributed by atoms with Crippen LogP contribution in [0.1, 0.15) is 33.6 Å². The highest BCUT2D eigenvalue weighted by atomic mass is 16.3. The van der Waals surface area contributed by atoms with Gasteiger partial charge in [0.15, 0.2) is 0 Å². The standard InChI is InChI=1S/C12H24N2O2/c1-9(2)12(5-6-12)8-13-11(16)14(4)7-10(3)15/h9-10,15H,5-8H2,1-4H3,(H,13,16). The number of urea groups is 1. The lowest BCUT2D eigenvalue weighted by atomic mass is 9.92. The van der Waals surface area contributed by atoms with E-state index in [1.54, 1.807) is 14.0 Å². The number of hydrogen-bond acceptors (Lipinski definition) is 2. The van der Waals surface area contributed by atoms with Gasteiger partial charge in [-0.3, -0.25) is 0 Å². The Hall–Kier alpha value is -0.770. The number of aliphatic hydroxyl groups excluding tert-OH is 1. The lowest BCUT2D eigenvalue weighted by Gasteiger charge is -2.24. The van der Waals surface area contributed by atoms with Gasteiger partial charge in [0.1, 0.15) is 0 Å². The molecule has 0 aliphatic heterocycles. The fourth-order valence-corrected chi connectivity index (χ4v) is 1.98. The molecule has 1 atom stereocenters. The highest BCUT2D eigenvalue weighted by Crippen LogP contribution is 2.51. The van der Waals surface area contributed by atoms with E-state index >= 15 is 0 Å².